The first-order valence-electron chi connectivity index (χ1n) is 8.76. The van der Waals surface area contributed by atoms with Crippen LogP contribution in [0.15, 0.2) is 71.7 Å². The van der Waals surface area contributed by atoms with Crippen LogP contribution in [0.1, 0.15) is 5.56 Å². The van der Waals surface area contributed by atoms with E-state index < -0.39 is 0 Å². The molecule has 5 N–H and O–H groups in total. The second-order valence-corrected chi connectivity index (χ2v) is 6.12. The summed E-state index contributed by atoms with van der Waals surface area (Å²) >= 11 is 0. The maximum absolute atomic E-state index is 11.0. The summed E-state index contributed by atoms with van der Waals surface area (Å²) < 4.78 is 5.76. The van der Waals surface area contributed by atoms with Crippen LogP contribution in [0, 0.1) is 0 Å². The fraction of sp³-hybridized carbons (Fsp3) is 0.0909. The van der Waals surface area contributed by atoms with Crippen molar-refractivity contribution in [1.82, 2.24) is 5.32 Å². The van der Waals surface area contributed by atoms with E-state index >= 15 is 0 Å². The van der Waals surface area contributed by atoms with Gasteiger partial charge >= 0.3 is 0 Å². The molecule has 0 heterocycles. The van der Waals surface area contributed by atoms with Gasteiger partial charge in [0, 0.05) is 17.7 Å². The molecule has 0 fully saturated rings. The highest BCUT2D eigenvalue weighted by Crippen LogP contribution is 2.39. The molecule has 0 bridgehead atoms. The van der Waals surface area contributed by atoms with E-state index in [9.17, 15) is 4.79 Å². The van der Waals surface area contributed by atoms with Crippen molar-refractivity contribution in [3.63, 3.8) is 0 Å². The predicted octanol–water partition coefficient (Wildman–Crippen LogP) is 3.18. The van der Waals surface area contributed by atoms with Crippen molar-refractivity contribution < 1.29 is 9.53 Å². The van der Waals surface area contributed by atoms with Crippen LogP contribution in [0.4, 0.5) is 5.69 Å². The molecule has 6 heteroatoms. The van der Waals surface area contributed by atoms with Gasteiger partial charge in [0.1, 0.15) is 5.75 Å². The Kier molecular flexibility index (Phi) is 5.91. The minimum atomic E-state index is -0.00278. The quantitative estimate of drug-likeness (QED) is 0.336. The van der Waals surface area contributed by atoms with E-state index in [0.717, 1.165) is 27.8 Å². The highest BCUT2D eigenvalue weighted by atomic mass is 16.5. The number of carbonyl (C=O) groups excluding carboxylic acids is 1. The van der Waals surface area contributed by atoms with Gasteiger partial charge in [0.05, 0.1) is 12.8 Å². The van der Waals surface area contributed by atoms with Crippen LogP contribution in [-0.2, 0) is 11.3 Å². The minimum Gasteiger partial charge on any atom is -0.496 e. The number of nitrogens with one attached hydrogen (secondary N) is 1. The van der Waals surface area contributed by atoms with E-state index in [2.05, 4.69) is 10.3 Å². The van der Waals surface area contributed by atoms with Gasteiger partial charge in [-0.3, -0.25) is 4.79 Å². The maximum Gasteiger partial charge on any atom is 0.207 e. The average molecular weight is 374 g/mol. The first-order valence-corrected chi connectivity index (χ1v) is 8.76. The van der Waals surface area contributed by atoms with E-state index in [1.54, 1.807) is 7.11 Å². The smallest absolute Gasteiger partial charge is 0.207 e. The molecule has 0 saturated heterocycles. The van der Waals surface area contributed by atoms with Crippen LogP contribution in [-0.4, -0.2) is 19.5 Å². The van der Waals surface area contributed by atoms with E-state index in [1.165, 1.54) is 0 Å². The lowest BCUT2D eigenvalue weighted by molar-refractivity contribution is -0.109. The number of carbonyl (C=O) groups is 1. The van der Waals surface area contributed by atoms with Crippen molar-refractivity contribution in [3.8, 4) is 28.0 Å². The van der Waals surface area contributed by atoms with Gasteiger partial charge < -0.3 is 21.5 Å². The molecule has 0 aliphatic rings. The summed E-state index contributed by atoms with van der Waals surface area (Å²) in [6.07, 6.45) is 0.675. The molecule has 0 radical (unpaired) electrons. The van der Waals surface area contributed by atoms with Gasteiger partial charge in [0.15, 0.2) is 5.96 Å². The standard InChI is InChI=1S/C22H22N4O2/c1-28-21-19(15-6-3-2-4-7-15)11-10-18(20(21)13-25-14-27)16-8-5-9-17(12-16)26-22(23)24/h2-12,14H,13H2,1H3,(H,25,27)(H4,23,24,26). The third-order valence-electron chi connectivity index (χ3n) is 4.33. The molecule has 0 aromatic heterocycles. The lowest BCUT2D eigenvalue weighted by atomic mass is 9.93. The molecule has 0 aliphatic heterocycles. The van der Waals surface area contributed by atoms with Gasteiger partial charge in [-0.05, 0) is 28.8 Å². The Morgan fingerprint density at radius 3 is 2.39 bits per heavy atom. The molecule has 1 amide bonds. The summed E-state index contributed by atoms with van der Waals surface area (Å²) in [5, 5.41) is 2.75. The van der Waals surface area contributed by atoms with Crippen molar-refractivity contribution in [2.24, 2.45) is 16.5 Å². The molecule has 3 rings (SSSR count). The fourth-order valence-corrected chi connectivity index (χ4v) is 3.19. The lowest BCUT2D eigenvalue weighted by Gasteiger charge is -2.18. The number of aliphatic imine (C=N–C) groups is 1. The van der Waals surface area contributed by atoms with E-state index in [1.807, 2.05) is 66.7 Å². The number of hydrogen-bond acceptors (Lipinski definition) is 3. The fourth-order valence-electron chi connectivity index (χ4n) is 3.19. The third kappa shape index (κ3) is 4.12. The van der Waals surface area contributed by atoms with Crippen LogP contribution in [0.5, 0.6) is 5.75 Å². The molecule has 3 aromatic carbocycles. The van der Waals surface area contributed by atoms with E-state index in [-0.39, 0.29) is 5.96 Å². The van der Waals surface area contributed by atoms with Crippen LogP contribution < -0.4 is 21.5 Å². The summed E-state index contributed by atoms with van der Waals surface area (Å²) in [4.78, 5) is 15.1. The second kappa shape index (κ2) is 8.73. The molecule has 0 spiro atoms. The first-order chi connectivity index (χ1) is 13.6. The molecular formula is C22H22N4O2. The molecule has 6 nitrogen and oxygen atoms in total. The van der Waals surface area contributed by atoms with E-state index in [0.29, 0.717) is 24.4 Å². The van der Waals surface area contributed by atoms with Crippen LogP contribution >= 0.6 is 0 Å². The summed E-state index contributed by atoms with van der Waals surface area (Å²) in [7, 11) is 1.63. The van der Waals surface area contributed by atoms with Gasteiger partial charge in [0.25, 0.3) is 0 Å². The third-order valence-corrected chi connectivity index (χ3v) is 4.33. The zero-order valence-electron chi connectivity index (χ0n) is 15.6. The number of rotatable bonds is 7. The van der Waals surface area contributed by atoms with Crippen LogP contribution in [0.2, 0.25) is 0 Å². The molecule has 28 heavy (non-hydrogen) atoms. The van der Waals surface area contributed by atoms with Gasteiger partial charge in [-0.1, -0.05) is 54.6 Å². The summed E-state index contributed by atoms with van der Waals surface area (Å²) in [6, 6.07) is 21.6. The van der Waals surface area contributed by atoms with Gasteiger partial charge in [-0.25, -0.2) is 4.99 Å². The number of benzene rings is 3. The molecule has 0 atom stereocenters. The Hall–Kier alpha value is -3.80. The zero-order chi connectivity index (χ0) is 19.9. The molecule has 3 aromatic rings. The average Bonchev–Trinajstić information content (AvgIpc) is 2.71. The van der Waals surface area contributed by atoms with Crippen molar-refractivity contribution in [1.29, 1.82) is 0 Å². The Bertz CT molecular complexity index is 997. The Labute approximate surface area is 163 Å². The summed E-state index contributed by atoms with van der Waals surface area (Å²) in [5.41, 5.74) is 16.4. The number of guanidine groups is 1. The second-order valence-electron chi connectivity index (χ2n) is 6.12. The number of ether oxygens (including phenoxy) is 1. The number of nitrogens with two attached hydrogens (primary N) is 2. The molecule has 0 aliphatic carbocycles. The predicted molar refractivity (Wildman–Crippen MR) is 112 cm³/mol. The van der Waals surface area contributed by atoms with Crippen molar-refractivity contribution >= 4 is 18.1 Å². The number of amides is 1. The number of hydrogen-bond donors (Lipinski definition) is 3. The Morgan fingerprint density at radius 1 is 1.00 bits per heavy atom. The highest BCUT2D eigenvalue weighted by Gasteiger charge is 2.16. The zero-order valence-corrected chi connectivity index (χ0v) is 15.6. The first kappa shape index (κ1) is 19.0. The lowest BCUT2D eigenvalue weighted by Crippen LogP contribution is -2.21. The number of methoxy groups -OCH3 is 1. The monoisotopic (exact) mass is 374 g/mol. The highest BCUT2D eigenvalue weighted by molar-refractivity contribution is 5.83. The van der Waals surface area contributed by atoms with Crippen molar-refractivity contribution in [2.45, 2.75) is 6.54 Å². The SMILES string of the molecule is COc1c(-c2ccccc2)ccc(-c2cccc(N=C(N)N)c2)c1CNC=O. The van der Waals surface area contributed by atoms with Gasteiger partial charge in [-0.15, -0.1) is 0 Å². The normalized spacial score (nSPS) is 10.2. The maximum atomic E-state index is 11.0. The molecule has 142 valence electrons. The van der Waals surface area contributed by atoms with E-state index in [4.69, 9.17) is 16.2 Å². The molecule has 0 unspecified atom stereocenters. The Balaban J connectivity index is 2.19. The van der Waals surface area contributed by atoms with Gasteiger partial charge in [-0.2, -0.15) is 0 Å². The Morgan fingerprint density at radius 2 is 1.71 bits per heavy atom. The largest absolute Gasteiger partial charge is 0.496 e. The summed E-state index contributed by atoms with van der Waals surface area (Å²) in [6.45, 7) is 0.329. The van der Waals surface area contributed by atoms with Crippen molar-refractivity contribution in [2.75, 3.05) is 7.11 Å². The number of nitrogens with zero attached hydrogens (tertiary/aromatic N) is 1. The topological polar surface area (TPSA) is 103 Å². The minimum absolute atomic E-state index is 0.00278. The van der Waals surface area contributed by atoms with Crippen LogP contribution in [0.3, 0.4) is 0 Å². The summed E-state index contributed by atoms with van der Waals surface area (Å²) in [5.74, 6) is 0.710. The molecular weight excluding hydrogens is 352 g/mol. The van der Waals surface area contributed by atoms with Crippen molar-refractivity contribution in [3.05, 3.63) is 72.3 Å². The van der Waals surface area contributed by atoms with Gasteiger partial charge in [0.2, 0.25) is 6.41 Å². The van der Waals surface area contributed by atoms with Crippen LogP contribution in [0.25, 0.3) is 22.3 Å². The molecule has 0 saturated carbocycles.